The third-order valence-electron chi connectivity index (χ3n) is 5.78. The number of carbonyl (C=O) groups excluding carboxylic acids is 1. The van der Waals surface area contributed by atoms with Gasteiger partial charge < -0.3 is 15.4 Å². The lowest BCUT2D eigenvalue weighted by molar-refractivity contribution is 0.178. The van der Waals surface area contributed by atoms with Gasteiger partial charge in [-0.2, -0.15) is 4.98 Å². The molecule has 2 aliphatic rings. The summed E-state index contributed by atoms with van der Waals surface area (Å²) in [6, 6.07) is 9.02. The summed E-state index contributed by atoms with van der Waals surface area (Å²) in [5.41, 5.74) is 2.03. The number of hydrogen-bond donors (Lipinski definition) is 2. The van der Waals surface area contributed by atoms with Gasteiger partial charge in [0.15, 0.2) is 0 Å². The van der Waals surface area contributed by atoms with Crippen molar-refractivity contribution < 1.29 is 13.9 Å². The summed E-state index contributed by atoms with van der Waals surface area (Å²) in [6.45, 7) is 6.72. The fourth-order valence-electron chi connectivity index (χ4n) is 3.94. The van der Waals surface area contributed by atoms with Crippen LogP contribution in [0, 0.1) is 0 Å². The van der Waals surface area contributed by atoms with Crippen LogP contribution in [0.3, 0.4) is 0 Å². The number of amides is 1. The number of cyclic esters (lactones) is 1. The lowest BCUT2D eigenvalue weighted by Gasteiger charge is -2.27. The zero-order valence-corrected chi connectivity index (χ0v) is 17.8. The van der Waals surface area contributed by atoms with Crippen molar-refractivity contribution in [1.82, 2.24) is 20.2 Å². The van der Waals surface area contributed by atoms with Crippen LogP contribution in [0.5, 0.6) is 0 Å². The molecule has 2 N–H and O–H groups in total. The van der Waals surface area contributed by atoms with Crippen LogP contribution in [0.15, 0.2) is 36.5 Å². The summed E-state index contributed by atoms with van der Waals surface area (Å²) in [6.07, 6.45) is 1.90. The van der Waals surface area contributed by atoms with Gasteiger partial charge in [0.2, 0.25) is 5.95 Å². The molecule has 2 saturated heterocycles. The van der Waals surface area contributed by atoms with E-state index in [2.05, 4.69) is 25.5 Å². The molecule has 3 heterocycles. The van der Waals surface area contributed by atoms with Crippen molar-refractivity contribution in [3.8, 4) is 0 Å². The number of anilines is 2. The fraction of sp³-hybridized carbons (Fsp3) is 0.500. The van der Waals surface area contributed by atoms with Crippen LogP contribution < -0.4 is 15.5 Å². The molecule has 1 aromatic carbocycles. The highest BCUT2D eigenvalue weighted by Gasteiger charge is 2.34. The van der Waals surface area contributed by atoms with Crippen LogP contribution in [-0.4, -0.2) is 66.5 Å². The van der Waals surface area contributed by atoms with Gasteiger partial charge in [0.1, 0.15) is 19.1 Å². The van der Waals surface area contributed by atoms with Gasteiger partial charge in [0.05, 0.1) is 12.1 Å². The third-order valence-corrected chi connectivity index (χ3v) is 5.78. The summed E-state index contributed by atoms with van der Waals surface area (Å²) >= 11 is 0. The Morgan fingerprint density at radius 3 is 2.74 bits per heavy atom. The average molecular weight is 429 g/mol. The van der Waals surface area contributed by atoms with Crippen molar-refractivity contribution in [2.24, 2.45) is 0 Å². The lowest BCUT2D eigenvalue weighted by Crippen LogP contribution is -2.42. The molecule has 1 amide bonds. The molecule has 1 aromatic heterocycles. The molecule has 8 nitrogen and oxygen atoms in total. The number of nitrogens with one attached hydrogen (secondary N) is 2. The molecule has 2 aromatic rings. The van der Waals surface area contributed by atoms with Crippen molar-refractivity contribution in [1.29, 1.82) is 0 Å². The van der Waals surface area contributed by atoms with Crippen molar-refractivity contribution >= 4 is 17.9 Å². The number of piperazine rings is 1. The zero-order valence-electron chi connectivity index (χ0n) is 17.8. The number of hydrogen-bond acceptors (Lipinski definition) is 7. The van der Waals surface area contributed by atoms with Gasteiger partial charge >= 0.3 is 6.09 Å². The minimum absolute atomic E-state index is 0.0598. The maximum atomic E-state index is 13.9. The van der Waals surface area contributed by atoms with Crippen molar-refractivity contribution in [3.05, 3.63) is 47.7 Å². The van der Waals surface area contributed by atoms with Crippen LogP contribution in [0.1, 0.15) is 30.5 Å². The molecule has 0 bridgehead atoms. The molecule has 0 aliphatic carbocycles. The quantitative estimate of drug-likeness (QED) is 0.669. The summed E-state index contributed by atoms with van der Waals surface area (Å²) in [4.78, 5) is 24.7. The third kappa shape index (κ3) is 5.11. The molecule has 0 radical (unpaired) electrons. The molecule has 0 saturated carbocycles. The Morgan fingerprint density at radius 2 is 2.03 bits per heavy atom. The van der Waals surface area contributed by atoms with E-state index in [1.807, 2.05) is 31.2 Å². The highest BCUT2D eigenvalue weighted by Crippen LogP contribution is 2.25. The molecule has 2 aliphatic heterocycles. The molecule has 9 heteroatoms. The Kier molecular flexibility index (Phi) is 6.93. The fourth-order valence-corrected chi connectivity index (χ4v) is 3.94. The molecular formula is C22H29FN6O2. The Hall–Kier alpha value is -2.78. The second kappa shape index (κ2) is 10.0. The SMILES string of the molecule is CCC1COC(=O)N1c1ccnc(N[C@@H](CF)c2ccc(CN3CCNCC3)cc2)n1. The average Bonchev–Trinajstić information content (AvgIpc) is 3.19. The van der Waals surface area contributed by atoms with Gasteiger partial charge in [-0.1, -0.05) is 31.2 Å². The first-order valence-electron chi connectivity index (χ1n) is 10.8. The minimum Gasteiger partial charge on any atom is -0.447 e. The van der Waals surface area contributed by atoms with Gasteiger partial charge in [0, 0.05) is 38.9 Å². The van der Waals surface area contributed by atoms with Gasteiger partial charge in [-0.15, -0.1) is 0 Å². The summed E-state index contributed by atoms with van der Waals surface area (Å²) in [7, 11) is 0. The van der Waals surface area contributed by atoms with E-state index < -0.39 is 18.8 Å². The molecule has 2 fully saturated rings. The first-order chi connectivity index (χ1) is 15.2. The number of nitrogens with zero attached hydrogens (tertiary/aromatic N) is 4. The Bertz CT molecular complexity index is 875. The van der Waals surface area contributed by atoms with Gasteiger partial charge in [0.25, 0.3) is 0 Å². The Labute approximate surface area is 181 Å². The van der Waals surface area contributed by atoms with E-state index in [1.54, 1.807) is 12.3 Å². The second-order valence-corrected chi connectivity index (χ2v) is 7.87. The number of carbonyl (C=O) groups is 1. The molecule has 166 valence electrons. The smallest absolute Gasteiger partial charge is 0.415 e. The number of rotatable bonds is 8. The van der Waals surface area contributed by atoms with E-state index in [0.717, 1.165) is 44.7 Å². The van der Waals surface area contributed by atoms with E-state index in [9.17, 15) is 9.18 Å². The normalized spacial score (nSPS) is 20.5. The van der Waals surface area contributed by atoms with Gasteiger partial charge in [-0.3, -0.25) is 9.80 Å². The van der Waals surface area contributed by atoms with E-state index in [0.29, 0.717) is 12.4 Å². The van der Waals surface area contributed by atoms with Crippen LogP contribution >= 0.6 is 0 Å². The van der Waals surface area contributed by atoms with E-state index in [1.165, 1.54) is 10.5 Å². The highest BCUT2D eigenvalue weighted by atomic mass is 19.1. The second-order valence-electron chi connectivity index (χ2n) is 7.87. The van der Waals surface area contributed by atoms with Gasteiger partial charge in [-0.25, -0.2) is 14.2 Å². The maximum absolute atomic E-state index is 13.9. The van der Waals surface area contributed by atoms with Crippen LogP contribution in [0.4, 0.5) is 21.0 Å². The number of aromatic nitrogens is 2. The van der Waals surface area contributed by atoms with E-state index in [-0.39, 0.29) is 12.0 Å². The predicted octanol–water partition coefficient (Wildman–Crippen LogP) is 2.74. The van der Waals surface area contributed by atoms with Crippen LogP contribution in [0.2, 0.25) is 0 Å². The Morgan fingerprint density at radius 1 is 1.26 bits per heavy atom. The molecule has 1 unspecified atom stereocenters. The highest BCUT2D eigenvalue weighted by molar-refractivity contribution is 5.89. The number of benzene rings is 1. The standard InChI is InChI=1S/C22H29FN6O2/c1-2-18-15-31-22(30)29(18)20-7-8-25-21(27-20)26-19(13-23)17-5-3-16(4-6-17)14-28-11-9-24-10-12-28/h3-8,18-19,24H,2,9-15H2,1H3,(H,25,26,27)/t18?,19-/m0/s1. The largest absolute Gasteiger partial charge is 0.447 e. The molecule has 2 atom stereocenters. The summed E-state index contributed by atoms with van der Waals surface area (Å²) < 4.78 is 19.0. The number of halogens is 1. The maximum Gasteiger partial charge on any atom is 0.415 e. The first kappa shape index (κ1) is 21.5. The molecular weight excluding hydrogens is 399 g/mol. The van der Waals surface area contributed by atoms with E-state index in [4.69, 9.17) is 4.74 Å². The summed E-state index contributed by atoms with van der Waals surface area (Å²) in [5.74, 6) is 0.732. The number of alkyl halides is 1. The van der Waals surface area contributed by atoms with Crippen LogP contribution in [-0.2, 0) is 11.3 Å². The predicted molar refractivity (Wildman–Crippen MR) is 117 cm³/mol. The van der Waals surface area contributed by atoms with Gasteiger partial charge in [-0.05, 0) is 23.6 Å². The topological polar surface area (TPSA) is 82.6 Å². The molecule has 4 rings (SSSR count). The minimum atomic E-state index is -0.603. The Balaban J connectivity index is 1.43. The van der Waals surface area contributed by atoms with Crippen molar-refractivity contribution in [3.63, 3.8) is 0 Å². The summed E-state index contributed by atoms with van der Waals surface area (Å²) in [5, 5.41) is 6.42. The monoisotopic (exact) mass is 428 g/mol. The zero-order chi connectivity index (χ0) is 21.6. The van der Waals surface area contributed by atoms with E-state index >= 15 is 0 Å². The van der Waals surface area contributed by atoms with Crippen molar-refractivity contribution in [2.75, 3.05) is 49.7 Å². The molecule has 0 spiro atoms. The molecule has 31 heavy (non-hydrogen) atoms. The van der Waals surface area contributed by atoms with Crippen LogP contribution in [0.25, 0.3) is 0 Å². The van der Waals surface area contributed by atoms with Crippen molar-refractivity contribution in [2.45, 2.75) is 32.0 Å². The number of ether oxygens (including phenoxy) is 1. The first-order valence-corrected chi connectivity index (χ1v) is 10.8. The lowest BCUT2D eigenvalue weighted by atomic mass is 10.1.